The van der Waals surface area contributed by atoms with Crippen molar-refractivity contribution in [2.45, 2.75) is 37.0 Å². The molecular formula is C33H32F3N5O3S. The van der Waals surface area contributed by atoms with E-state index in [1.54, 1.807) is 6.07 Å². The number of aryl methyl sites for hydroxylation is 1. The second kappa shape index (κ2) is 13.3. The third-order valence-corrected chi connectivity index (χ3v) is 8.64. The number of hydrogen-bond acceptors (Lipinski definition) is 8. The van der Waals surface area contributed by atoms with Crippen LogP contribution in [0.15, 0.2) is 78.0 Å². The normalized spacial score (nSPS) is 14.5. The molecule has 2 aliphatic rings. The second-order valence-corrected chi connectivity index (χ2v) is 11.7. The maximum Gasteiger partial charge on any atom is 0.416 e. The van der Waals surface area contributed by atoms with E-state index in [-0.39, 0.29) is 12.7 Å². The van der Waals surface area contributed by atoms with E-state index in [1.165, 1.54) is 23.9 Å². The number of amides is 1. The Labute approximate surface area is 263 Å². The maximum atomic E-state index is 13.2. The Morgan fingerprint density at radius 1 is 0.889 bits per heavy atom. The van der Waals surface area contributed by atoms with Gasteiger partial charge >= 0.3 is 6.18 Å². The van der Waals surface area contributed by atoms with Gasteiger partial charge in [-0.1, -0.05) is 43.0 Å². The van der Waals surface area contributed by atoms with Crippen LogP contribution in [0.3, 0.4) is 0 Å². The van der Waals surface area contributed by atoms with E-state index in [0.717, 1.165) is 35.1 Å². The van der Waals surface area contributed by atoms with Gasteiger partial charge in [0.2, 0.25) is 6.79 Å². The minimum atomic E-state index is -4.37. The summed E-state index contributed by atoms with van der Waals surface area (Å²) in [6.07, 6.45) is -3.61. The lowest BCUT2D eigenvalue weighted by atomic mass is 10.1. The lowest BCUT2D eigenvalue weighted by Crippen LogP contribution is -2.47. The van der Waals surface area contributed by atoms with Crippen LogP contribution in [0.5, 0.6) is 11.5 Å². The van der Waals surface area contributed by atoms with Crippen molar-refractivity contribution >= 4 is 29.2 Å². The molecule has 2 aliphatic heterocycles. The van der Waals surface area contributed by atoms with Crippen LogP contribution in [0.4, 0.5) is 24.7 Å². The van der Waals surface area contributed by atoms with Crippen LogP contribution in [-0.2, 0) is 24.9 Å². The predicted octanol–water partition coefficient (Wildman–Crippen LogP) is 6.34. The van der Waals surface area contributed by atoms with Crippen LogP contribution in [0.2, 0.25) is 0 Å². The van der Waals surface area contributed by atoms with Gasteiger partial charge in [-0.2, -0.15) is 13.2 Å². The first-order chi connectivity index (χ1) is 21.7. The van der Waals surface area contributed by atoms with Gasteiger partial charge in [-0.15, -0.1) is 0 Å². The van der Waals surface area contributed by atoms with Gasteiger partial charge in [0.25, 0.3) is 5.91 Å². The lowest BCUT2D eigenvalue weighted by Gasteiger charge is -2.37. The molecule has 1 aromatic heterocycles. The summed E-state index contributed by atoms with van der Waals surface area (Å²) in [5.41, 5.74) is 3.40. The standard InChI is InChI=1S/C33H32F3N5O3S/c1-2-26-18-30(41-14-12-40(13-15-41)27-5-3-4-25(17-27)33(34,35)36)39-32(38-26)45-20-22-6-9-24(10-7-22)31(42)37-19-23-8-11-28-29(16-23)44-21-43-28/h3-11,16-18H,2,12-15,19-21H2,1H3,(H,37,42). The number of hydrogen-bond donors (Lipinski definition) is 1. The Morgan fingerprint density at radius 2 is 1.62 bits per heavy atom. The van der Waals surface area contributed by atoms with Gasteiger partial charge in [-0.25, -0.2) is 9.97 Å². The maximum absolute atomic E-state index is 13.2. The van der Waals surface area contributed by atoms with Crippen molar-refractivity contribution in [3.8, 4) is 11.5 Å². The minimum absolute atomic E-state index is 0.163. The molecule has 1 amide bonds. The first-order valence-corrected chi connectivity index (χ1v) is 15.7. The van der Waals surface area contributed by atoms with Gasteiger partial charge in [0, 0.05) is 61.5 Å². The van der Waals surface area contributed by atoms with Crippen molar-refractivity contribution in [1.82, 2.24) is 15.3 Å². The number of aromatic nitrogens is 2. The van der Waals surface area contributed by atoms with Gasteiger partial charge in [-0.05, 0) is 60.0 Å². The smallest absolute Gasteiger partial charge is 0.416 e. The lowest BCUT2D eigenvalue weighted by molar-refractivity contribution is -0.137. The molecule has 1 fully saturated rings. The molecule has 6 rings (SSSR count). The summed E-state index contributed by atoms with van der Waals surface area (Å²) < 4.78 is 50.3. The summed E-state index contributed by atoms with van der Waals surface area (Å²) in [6, 6.07) is 20.6. The van der Waals surface area contributed by atoms with Crippen LogP contribution in [0.25, 0.3) is 0 Å². The number of benzene rings is 3. The molecule has 1 N–H and O–H groups in total. The molecule has 8 nitrogen and oxygen atoms in total. The Morgan fingerprint density at radius 3 is 2.38 bits per heavy atom. The topological polar surface area (TPSA) is 79.8 Å². The number of nitrogens with one attached hydrogen (secondary N) is 1. The van der Waals surface area contributed by atoms with Gasteiger partial charge in [0.1, 0.15) is 5.82 Å². The average Bonchev–Trinajstić information content (AvgIpc) is 3.54. The summed E-state index contributed by atoms with van der Waals surface area (Å²) >= 11 is 1.53. The molecule has 0 atom stereocenters. The van der Waals surface area contributed by atoms with E-state index in [1.807, 2.05) is 60.4 Å². The van der Waals surface area contributed by atoms with E-state index < -0.39 is 11.7 Å². The number of alkyl halides is 3. The Balaban J connectivity index is 1.03. The summed E-state index contributed by atoms with van der Waals surface area (Å²) in [6.45, 7) is 5.08. The Kier molecular flexibility index (Phi) is 9.02. The summed E-state index contributed by atoms with van der Waals surface area (Å²) in [7, 11) is 0. The van der Waals surface area contributed by atoms with Gasteiger partial charge in [0.15, 0.2) is 16.7 Å². The zero-order valence-corrected chi connectivity index (χ0v) is 25.5. The van der Waals surface area contributed by atoms with E-state index in [0.29, 0.717) is 66.4 Å². The molecule has 1 saturated heterocycles. The van der Waals surface area contributed by atoms with E-state index in [9.17, 15) is 18.0 Å². The highest BCUT2D eigenvalue weighted by molar-refractivity contribution is 7.98. The van der Waals surface area contributed by atoms with Crippen LogP contribution in [0.1, 0.15) is 39.7 Å². The van der Waals surface area contributed by atoms with Crippen molar-refractivity contribution in [2.24, 2.45) is 0 Å². The Bertz CT molecular complexity index is 1660. The highest BCUT2D eigenvalue weighted by atomic mass is 32.2. The van der Waals surface area contributed by atoms with Crippen LogP contribution in [-0.4, -0.2) is 48.8 Å². The fourth-order valence-electron chi connectivity index (χ4n) is 5.18. The number of ether oxygens (including phenoxy) is 2. The molecule has 0 radical (unpaired) electrons. The number of halogens is 3. The van der Waals surface area contributed by atoms with Crippen LogP contribution in [0, 0.1) is 0 Å². The third-order valence-electron chi connectivity index (χ3n) is 7.72. The largest absolute Gasteiger partial charge is 0.454 e. The quantitative estimate of drug-likeness (QED) is 0.169. The number of fused-ring (bicyclic) bond motifs is 1. The van der Waals surface area contributed by atoms with Gasteiger partial charge < -0.3 is 24.6 Å². The molecule has 3 aromatic carbocycles. The number of rotatable bonds is 9. The second-order valence-electron chi connectivity index (χ2n) is 10.7. The first kappa shape index (κ1) is 30.6. The fraction of sp³-hybridized carbons (Fsp3) is 0.303. The van der Waals surface area contributed by atoms with Crippen molar-refractivity contribution in [1.29, 1.82) is 0 Å². The summed E-state index contributed by atoms with van der Waals surface area (Å²) in [5.74, 6) is 2.68. The van der Waals surface area contributed by atoms with E-state index in [2.05, 4.69) is 10.2 Å². The van der Waals surface area contributed by atoms with E-state index in [4.69, 9.17) is 19.4 Å². The van der Waals surface area contributed by atoms with Crippen LogP contribution < -0.4 is 24.6 Å². The number of piperazine rings is 1. The number of carbonyl (C=O) groups excluding carboxylic acids is 1. The Hall–Kier alpha value is -4.45. The molecule has 0 spiro atoms. The zero-order valence-electron chi connectivity index (χ0n) is 24.6. The van der Waals surface area contributed by atoms with Gasteiger partial charge in [-0.3, -0.25) is 4.79 Å². The van der Waals surface area contributed by atoms with Crippen molar-refractivity contribution in [3.05, 3.63) is 101 Å². The third kappa shape index (κ3) is 7.44. The predicted molar refractivity (Wildman–Crippen MR) is 167 cm³/mol. The summed E-state index contributed by atoms with van der Waals surface area (Å²) in [5, 5.41) is 3.60. The SMILES string of the molecule is CCc1cc(N2CCN(c3cccc(C(F)(F)F)c3)CC2)nc(SCc2ccc(C(=O)NCc3ccc4c(c3)OCO4)cc2)n1. The molecule has 3 heterocycles. The minimum Gasteiger partial charge on any atom is -0.454 e. The number of carbonyl (C=O) groups is 1. The molecule has 4 aromatic rings. The van der Waals surface area contributed by atoms with Crippen molar-refractivity contribution in [3.63, 3.8) is 0 Å². The average molecular weight is 636 g/mol. The molecule has 12 heteroatoms. The van der Waals surface area contributed by atoms with Gasteiger partial charge in [0.05, 0.1) is 5.56 Å². The molecule has 234 valence electrons. The van der Waals surface area contributed by atoms with E-state index >= 15 is 0 Å². The molecule has 0 aliphatic carbocycles. The fourth-order valence-corrected chi connectivity index (χ4v) is 6.00. The van der Waals surface area contributed by atoms with Crippen LogP contribution >= 0.6 is 11.8 Å². The zero-order chi connectivity index (χ0) is 31.4. The monoisotopic (exact) mass is 635 g/mol. The molecule has 0 unspecified atom stereocenters. The highest BCUT2D eigenvalue weighted by Crippen LogP contribution is 2.33. The molecule has 0 saturated carbocycles. The number of anilines is 2. The number of nitrogens with zero attached hydrogens (tertiary/aromatic N) is 4. The molecule has 0 bridgehead atoms. The molecule has 45 heavy (non-hydrogen) atoms. The van der Waals surface area contributed by atoms with Crippen molar-refractivity contribution < 1.29 is 27.4 Å². The van der Waals surface area contributed by atoms with Crippen molar-refractivity contribution in [2.75, 3.05) is 42.8 Å². The summed E-state index contributed by atoms with van der Waals surface area (Å²) in [4.78, 5) is 26.4. The first-order valence-electron chi connectivity index (χ1n) is 14.7. The molecular weight excluding hydrogens is 603 g/mol. The highest BCUT2D eigenvalue weighted by Gasteiger charge is 2.31. The number of thioether (sulfide) groups is 1.